The Morgan fingerprint density at radius 3 is 2.50 bits per heavy atom. The minimum Gasteiger partial charge on any atom is -0.335 e. The molecule has 0 aromatic carbocycles. The maximum Gasteiger partial charge on any atom is 0.214 e. The lowest BCUT2D eigenvalue weighted by atomic mass is 10.0. The van der Waals surface area contributed by atoms with Crippen LogP contribution in [0.5, 0.6) is 0 Å². The van der Waals surface area contributed by atoms with E-state index in [0.29, 0.717) is 13.1 Å². The Morgan fingerprint density at radius 1 is 1.43 bits per heavy atom. The largest absolute Gasteiger partial charge is 0.335 e. The molecule has 1 N–H and O–H groups in total. The molecule has 0 aliphatic carbocycles. The second-order valence-corrected chi connectivity index (χ2v) is 3.07. The monoisotopic (exact) mass is 196 g/mol. The van der Waals surface area contributed by atoms with Crippen LogP contribution in [0.3, 0.4) is 0 Å². The van der Waals surface area contributed by atoms with Crippen molar-refractivity contribution in [2.24, 2.45) is 0 Å². The molecule has 0 atom stereocenters. The highest BCUT2D eigenvalue weighted by molar-refractivity contribution is 6.19. The van der Waals surface area contributed by atoms with Crippen molar-refractivity contribution < 1.29 is 9.59 Å². The van der Waals surface area contributed by atoms with E-state index in [0.717, 1.165) is 6.54 Å². The number of carbonyl (C=O) groups is 2. The van der Waals surface area contributed by atoms with Crippen molar-refractivity contribution in [2.75, 3.05) is 26.2 Å². The summed E-state index contributed by atoms with van der Waals surface area (Å²) >= 11 is 0. The van der Waals surface area contributed by atoms with Crippen molar-refractivity contribution in [1.29, 1.82) is 0 Å². The summed E-state index contributed by atoms with van der Waals surface area (Å²) < 4.78 is 0. The minimum atomic E-state index is -0.182. The van der Waals surface area contributed by atoms with Gasteiger partial charge in [0.25, 0.3) is 0 Å². The molecule has 0 aromatic heterocycles. The number of amides is 1. The van der Waals surface area contributed by atoms with Gasteiger partial charge in [0.2, 0.25) is 5.91 Å². The third kappa shape index (κ3) is 5.75. The molecule has 0 fully saturated rings. The van der Waals surface area contributed by atoms with Gasteiger partial charge in [0.1, 0.15) is 5.78 Å². The van der Waals surface area contributed by atoms with E-state index in [2.05, 4.69) is 5.32 Å². The molecule has 0 rings (SSSR count). The third-order valence-electron chi connectivity index (χ3n) is 1.75. The van der Waals surface area contributed by atoms with E-state index in [1.807, 2.05) is 6.92 Å². The molecule has 4 nitrogen and oxygen atoms in total. The lowest BCUT2D eigenvalue weighted by Crippen LogP contribution is -2.39. The summed E-state index contributed by atoms with van der Waals surface area (Å²) in [6, 6.07) is 0. The first kappa shape index (κ1) is 13.2. The van der Waals surface area contributed by atoms with Gasteiger partial charge in [0.15, 0.2) is 0 Å². The Hall–Kier alpha value is -0.835. The average Bonchev–Trinajstić information content (AvgIpc) is 2.15. The summed E-state index contributed by atoms with van der Waals surface area (Å²) in [7, 11) is 5.23. The molecule has 0 aliphatic rings. The Balaban J connectivity index is 3.97. The van der Waals surface area contributed by atoms with Crippen LogP contribution in [0.4, 0.5) is 0 Å². The second kappa shape index (κ2) is 7.56. The van der Waals surface area contributed by atoms with Crippen LogP contribution >= 0.6 is 0 Å². The highest BCUT2D eigenvalue weighted by Crippen LogP contribution is 1.92. The molecule has 1 amide bonds. The zero-order valence-electron chi connectivity index (χ0n) is 8.88. The molecule has 0 saturated carbocycles. The number of nitrogens with zero attached hydrogens (tertiary/aromatic N) is 1. The van der Waals surface area contributed by atoms with E-state index in [1.54, 1.807) is 0 Å². The summed E-state index contributed by atoms with van der Waals surface area (Å²) in [5.41, 5.74) is 0. The predicted molar refractivity (Wildman–Crippen MR) is 56.4 cm³/mol. The maximum atomic E-state index is 11.3. The van der Waals surface area contributed by atoms with E-state index in [9.17, 15) is 9.59 Å². The maximum absolute atomic E-state index is 11.3. The first-order chi connectivity index (χ1) is 6.61. The highest BCUT2D eigenvalue weighted by atomic mass is 16.2. The number of ketones is 1. The fourth-order valence-corrected chi connectivity index (χ4v) is 1.08. The molecule has 2 radical (unpaired) electrons. The summed E-state index contributed by atoms with van der Waals surface area (Å²) in [5, 5.41) is 3.08. The smallest absolute Gasteiger partial charge is 0.214 e. The quantitative estimate of drug-likeness (QED) is 0.445. The predicted octanol–water partition coefficient (Wildman–Crippen LogP) is -0.400. The van der Waals surface area contributed by atoms with Gasteiger partial charge in [-0.3, -0.25) is 9.59 Å². The molecule has 0 saturated heterocycles. The lowest BCUT2D eigenvalue weighted by molar-refractivity contribution is -0.132. The van der Waals surface area contributed by atoms with Crippen molar-refractivity contribution in [3.63, 3.8) is 0 Å². The zero-order chi connectivity index (χ0) is 11.0. The SMILES string of the molecule is [B]CC(=O)N(CCNCC)CC(C)=O. The highest BCUT2D eigenvalue weighted by Gasteiger charge is 2.11. The summed E-state index contributed by atoms with van der Waals surface area (Å²) in [6.45, 7) is 5.68. The second-order valence-electron chi connectivity index (χ2n) is 3.07. The standard InChI is InChI=1S/C9H17BN2O2/c1-3-11-4-5-12(7-8(2)13)9(14)6-10/h11H,3-7H2,1-2H3. The molecule has 0 unspecified atom stereocenters. The van der Waals surface area contributed by atoms with Crippen molar-refractivity contribution in [2.45, 2.75) is 20.2 Å². The van der Waals surface area contributed by atoms with Crippen molar-refractivity contribution >= 4 is 19.5 Å². The topological polar surface area (TPSA) is 49.4 Å². The molecular formula is C9H17BN2O2. The molecule has 0 heterocycles. The van der Waals surface area contributed by atoms with Crippen LogP contribution in [0.25, 0.3) is 0 Å². The van der Waals surface area contributed by atoms with Gasteiger partial charge in [-0.05, 0) is 19.8 Å². The lowest BCUT2D eigenvalue weighted by Gasteiger charge is -2.20. The Morgan fingerprint density at radius 2 is 2.07 bits per heavy atom. The molecule has 0 bridgehead atoms. The van der Waals surface area contributed by atoms with Gasteiger partial charge in [-0.2, -0.15) is 0 Å². The molecular weight excluding hydrogens is 179 g/mol. The van der Waals surface area contributed by atoms with Crippen molar-refractivity contribution in [3.8, 4) is 0 Å². The normalized spacial score (nSPS) is 9.86. The minimum absolute atomic E-state index is 0.0247. The zero-order valence-corrected chi connectivity index (χ0v) is 8.88. The molecule has 0 spiro atoms. The summed E-state index contributed by atoms with van der Waals surface area (Å²) in [4.78, 5) is 23.6. The number of rotatable bonds is 7. The van der Waals surface area contributed by atoms with Crippen molar-refractivity contribution in [3.05, 3.63) is 0 Å². The van der Waals surface area contributed by atoms with Crippen LogP contribution in [0.2, 0.25) is 6.32 Å². The fourth-order valence-electron chi connectivity index (χ4n) is 1.08. The van der Waals surface area contributed by atoms with Crippen LogP contribution in [-0.2, 0) is 9.59 Å². The summed E-state index contributed by atoms with van der Waals surface area (Å²) in [5.74, 6) is -0.207. The average molecular weight is 196 g/mol. The van der Waals surface area contributed by atoms with Crippen LogP contribution < -0.4 is 5.32 Å². The molecule has 14 heavy (non-hydrogen) atoms. The van der Waals surface area contributed by atoms with E-state index < -0.39 is 0 Å². The van der Waals surface area contributed by atoms with Crippen LogP contribution in [0, 0.1) is 0 Å². The number of hydrogen-bond donors (Lipinski definition) is 1. The van der Waals surface area contributed by atoms with E-state index in [1.165, 1.54) is 11.8 Å². The fraction of sp³-hybridized carbons (Fsp3) is 0.778. The van der Waals surface area contributed by atoms with Crippen LogP contribution in [0.1, 0.15) is 13.8 Å². The number of hydrogen-bond acceptors (Lipinski definition) is 3. The third-order valence-corrected chi connectivity index (χ3v) is 1.75. The van der Waals surface area contributed by atoms with Gasteiger partial charge in [-0.1, -0.05) is 6.92 Å². The Kier molecular flexibility index (Phi) is 7.11. The molecule has 0 aromatic rings. The Labute approximate surface area is 86.4 Å². The Bertz CT molecular complexity index is 197. The molecule has 5 heteroatoms. The number of Topliss-reactive ketones (excluding diaryl/α,β-unsaturated/α-hetero) is 1. The first-order valence-electron chi connectivity index (χ1n) is 4.79. The van der Waals surface area contributed by atoms with E-state index in [4.69, 9.17) is 7.85 Å². The van der Waals surface area contributed by atoms with Gasteiger partial charge in [-0.25, -0.2) is 0 Å². The van der Waals surface area contributed by atoms with E-state index >= 15 is 0 Å². The van der Waals surface area contributed by atoms with Crippen LogP contribution in [-0.4, -0.2) is 50.6 Å². The van der Waals surface area contributed by atoms with Gasteiger partial charge >= 0.3 is 0 Å². The van der Waals surface area contributed by atoms with Gasteiger partial charge in [-0.15, -0.1) is 0 Å². The summed E-state index contributed by atoms with van der Waals surface area (Å²) in [6.07, 6.45) is -0.0423. The number of likely N-dealkylation sites (N-methyl/N-ethyl adjacent to an activating group) is 1. The van der Waals surface area contributed by atoms with Crippen molar-refractivity contribution in [1.82, 2.24) is 10.2 Å². The molecule has 78 valence electrons. The number of carbonyl (C=O) groups excluding carboxylic acids is 2. The van der Waals surface area contributed by atoms with Gasteiger partial charge in [0, 0.05) is 13.1 Å². The first-order valence-corrected chi connectivity index (χ1v) is 4.79. The van der Waals surface area contributed by atoms with Gasteiger partial charge in [0.05, 0.1) is 14.4 Å². The molecule has 0 aliphatic heterocycles. The van der Waals surface area contributed by atoms with Crippen LogP contribution in [0.15, 0.2) is 0 Å². The number of nitrogens with one attached hydrogen (secondary N) is 1. The van der Waals surface area contributed by atoms with E-state index in [-0.39, 0.29) is 24.6 Å². The van der Waals surface area contributed by atoms with Gasteiger partial charge < -0.3 is 10.2 Å².